The Morgan fingerprint density at radius 3 is 2.41 bits per heavy atom. The SMILES string of the molecule is CC(Nc1ccc(C(N)=O)cc1[N+](=O)[O-])c1ccc(NC(=O)C2CC2)cc1. The highest BCUT2D eigenvalue weighted by molar-refractivity contribution is 5.94. The smallest absolute Gasteiger partial charge is 0.293 e. The lowest BCUT2D eigenvalue weighted by Gasteiger charge is -2.16. The van der Waals surface area contributed by atoms with E-state index in [0.29, 0.717) is 5.69 Å². The van der Waals surface area contributed by atoms with Crippen LogP contribution in [-0.2, 0) is 4.79 Å². The van der Waals surface area contributed by atoms with Crippen LogP contribution in [0.1, 0.15) is 41.7 Å². The third-order valence-electron chi connectivity index (χ3n) is 4.48. The van der Waals surface area contributed by atoms with Crippen molar-refractivity contribution in [3.63, 3.8) is 0 Å². The summed E-state index contributed by atoms with van der Waals surface area (Å²) in [6, 6.07) is 11.2. The Hall–Kier alpha value is -3.42. The van der Waals surface area contributed by atoms with Crippen molar-refractivity contribution in [2.45, 2.75) is 25.8 Å². The molecular weight excluding hydrogens is 348 g/mol. The van der Waals surface area contributed by atoms with E-state index in [-0.39, 0.29) is 29.1 Å². The van der Waals surface area contributed by atoms with Crippen LogP contribution in [0.5, 0.6) is 0 Å². The molecule has 2 aromatic carbocycles. The number of amides is 2. The lowest BCUT2D eigenvalue weighted by Crippen LogP contribution is -2.14. The molecular formula is C19H20N4O4. The lowest BCUT2D eigenvalue weighted by atomic mass is 10.1. The molecule has 0 heterocycles. The number of nitro benzene ring substituents is 1. The van der Waals surface area contributed by atoms with E-state index in [1.54, 1.807) is 12.1 Å². The fourth-order valence-corrected chi connectivity index (χ4v) is 2.72. The number of anilines is 2. The largest absolute Gasteiger partial charge is 0.373 e. The van der Waals surface area contributed by atoms with Gasteiger partial charge in [0, 0.05) is 29.3 Å². The second kappa shape index (κ2) is 7.45. The van der Waals surface area contributed by atoms with Crippen molar-refractivity contribution in [3.8, 4) is 0 Å². The standard InChI is InChI=1S/C19H20N4O4/c1-11(12-4-7-15(8-5-12)22-19(25)13-2-3-13)21-16-9-6-14(18(20)24)10-17(16)23(26)27/h4-11,13,21H,2-3H2,1H3,(H2,20,24)(H,22,25). The molecule has 140 valence electrons. The van der Waals surface area contributed by atoms with Crippen molar-refractivity contribution >= 4 is 28.9 Å². The van der Waals surface area contributed by atoms with E-state index in [9.17, 15) is 19.7 Å². The second-order valence-electron chi connectivity index (χ2n) is 6.60. The van der Waals surface area contributed by atoms with Gasteiger partial charge in [-0.2, -0.15) is 0 Å². The van der Waals surface area contributed by atoms with Crippen LogP contribution in [0.2, 0.25) is 0 Å². The number of rotatable bonds is 7. The van der Waals surface area contributed by atoms with Crippen molar-refractivity contribution in [2.75, 3.05) is 10.6 Å². The average Bonchev–Trinajstić information content (AvgIpc) is 3.47. The van der Waals surface area contributed by atoms with Gasteiger partial charge in [-0.05, 0) is 49.6 Å². The number of nitrogens with zero attached hydrogens (tertiary/aromatic N) is 1. The predicted octanol–water partition coefficient (Wildman–Crippen LogP) is 3.22. The first-order valence-electron chi connectivity index (χ1n) is 8.60. The van der Waals surface area contributed by atoms with Crippen LogP contribution in [0.15, 0.2) is 42.5 Å². The van der Waals surface area contributed by atoms with Crippen LogP contribution >= 0.6 is 0 Å². The molecule has 1 fully saturated rings. The van der Waals surface area contributed by atoms with Crippen LogP contribution in [0.4, 0.5) is 17.1 Å². The maximum Gasteiger partial charge on any atom is 0.293 e. The summed E-state index contributed by atoms with van der Waals surface area (Å²) in [7, 11) is 0. The van der Waals surface area contributed by atoms with Crippen LogP contribution in [-0.4, -0.2) is 16.7 Å². The molecule has 27 heavy (non-hydrogen) atoms. The van der Waals surface area contributed by atoms with Crippen molar-refractivity contribution < 1.29 is 14.5 Å². The van der Waals surface area contributed by atoms with Crippen LogP contribution in [0.3, 0.4) is 0 Å². The molecule has 1 aliphatic rings. The Morgan fingerprint density at radius 1 is 1.19 bits per heavy atom. The Kier molecular flexibility index (Phi) is 5.07. The van der Waals surface area contributed by atoms with E-state index in [2.05, 4.69) is 10.6 Å². The van der Waals surface area contributed by atoms with E-state index in [4.69, 9.17) is 5.73 Å². The molecule has 4 N–H and O–H groups in total. The molecule has 8 heteroatoms. The van der Waals surface area contributed by atoms with Crippen LogP contribution in [0, 0.1) is 16.0 Å². The number of carbonyl (C=O) groups excluding carboxylic acids is 2. The topological polar surface area (TPSA) is 127 Å². The number of primary amides is 1. The summed E-state index contributed by atoms with van der Waals surface area (Å²) in [5, 5.41) is 17.2. The fourth-order valence-electron chi connectivity index (χ4n) is 2.72. The van der Waals surface area contributed by atoms with Gasteiger partial charge in [-0.25, -0.2) is 0 Å². The summed E-state index contributed by atoms with van der Waals surface area (Å²) < 4.78 is 0. The van der Waals surface area contributed by atoms with Gasteiger partial charge in [0.2, 0.25) is 11.8 Å². The van der Waals surface area contributed by atoms with Gasteiger partial charge in [-0.15, -0.1) is 0 Å². The number of benzene rings is 2. The van der Waals surface area contributed by atoms with E-state index in [1.807, 2.05) is 19.1 Å². The highest BCUT2D eigenvalue weighted by Crippen LogP contribution is 2.31. The first kappa shape index (κ1) is 18.4. The molecule has 1 atom stereocenters. The van der Waals surface area contributed by atoms with Crippen molar-refractivity contribution in [1.29, 1.82) is 0 Å². The number of nitrogens with one attached hydrogen (secondary N) is 2. The van der Waals surface area contributed by atoms with Gasteiger partial charge >= 0.3 is 0 Å². The van der Waals surface area contributed by atoms with E-state index >= 15 is 0 Å². The van der Waals surface area contributed by atoms with Crippen molar-refractivity contribution in [1.82, 2.24) is 0 Å². The molecule has 0 spiro atoms. The third kappa shape index (κ3) is 4.41. The minimum Gasteiger partial charge on any atom is -0.373 e. The highest BCUT2D eigenvalue weighted by atomic mass is 16.6. The Labute approximate surface area is 155 Å². The summed E-state index contributed by atoms with van der Waals surface area (Å²) in [5.74, 6) is -0.546. The summed E-state index contributed by atoms with van der Waals surface area (Å²) >= 11 is 0. The van der Waals surface area contributed by atoms with Gasteiger partial charge in [0.05, 0.1) is 4.92 Å². The predicted molar refractivity (Wildman–Crippen MR) is 101 cm³/mol. The first-order chi connectivity index (χ1) is 12.8. The number of hydrogen-bond acceptors (Lipinski definition) is 5. The Morgan fingerprint density at radius 2 is 1.85 bits per heavy atom. The minimum atomic E-state index is -0.721. The maximum atomic E-state index is 11.8. The summed E-state index contributed by atoms with van der Waals surface area (Å²) in [6.45, 7) is 1.86. The van der Waals surface area contributed by atoms with Gasteiger partial charge in [-0.1, -0.05) is 12.1 Å². The molecule has 1 saturated carbocycles. The Bertz CT molecular complexity index is 891. The van der Waals surface area contributed by atoms with E-state index < -0.39 is 10.8 Å². The van der Waals surface area contributed by atoms with Crippen LogP contribution < -0.4 is 16.4 Å². The van der Waals surface area contributed by atoms with Gasteiger partial charge < -0.3 is 16.4 Å². The summed E-state index contributed by atoms with van der Waals surface area (Å²) in [4.78, 5) is 33.8. The zero-order chi connectivity index (χ0) is 19.6. The molecule has 0 aliphatic heterocycles. The number of nitro groups is 1. The minimum absolute atomic E-state index is 0.0408. The van der Waals surface area contributed by atoms with E-state index in [1.165, 1.54) is 12.1 Å². The molecule has 8 nitrogen and oxygen atoms in total. The number of hydrogen-bond donors (Lipinski definition) is 3. The maximum absolute atomic E-state index is 11.8. The van der Waals surface area contributed by atoms with Gasteiger partial charge in [0.1, 0.15) is 5.69 Å². The molecule has 1 aliphatic carbocycles. The molecule has 0 saturated heterocycles. The summed E-state index contributed by atoms with van der Waals surface area (Å²) in [5.41, 5.74) is 6.96. The van der Waals surface area contributed by atoms with Gasteiger partial charge in [-0.3, -0.25) is 19.7 Å². The van der Waals surface area contributed by atoms with Crippen LogP contribution in [0.25, 0.3) is 0 Å². The summed E-state index contributed by atoms with van der Waals surface area (Å²) in [6.07, 6.45) is 1.89. The fraction of sp³-hybridized carbons (Fsp3) is 0.263. The molecule has 3 rings (SSSR count). The average molecular weight is 368 g/mol. The number of carbonyl (C=O) groups is 2. The zero-order valence-corrected chi connectivity index (χ0v) is 14.8. The molecule has 0 radical (unpaired) electrons. The van der Waals surface area contributed by atoms with Crippen molar-refractivity contribution in [2.24, 2.45) is 11.7 Å². The van der Waals surface area contributed by atoms with Gasteiger partial charge in [0.25, 0.3) is 5.69 Å². The second-order valence-corrected chi connectivity index (χ2v) is 6.60. The molecule has 1 unspecified atom stereocenters. The normalized spacial score (nSPS) is 14.3. The first-order valence-corrected chi connectivity index (χ1v) is 8.60. The quantitative estimate of drug-likeness (QED) is 0.511. The Balaban J connectivity index is 1.72. The number of nitrogens with two attached hydrogens (primary N) is 1. The molecule has 0 aromatic heterocycles. The zero-order valence-electron chi connectivity index (χ0n) is 14.8. The highest BCUT2D eigenvalue weighted by Gasteiger charge is 2.29. The van der Waals surface area contributed by atoms with E-state index in [0.717, 1.165) is 30.2 Å². The van der Waals surface area contributed by atoms with Crippen molar-refractivity contribution in [3.05, 3.63) is 63.7 Å². The monoisotopic (exact) mass is 368 g/mol. The lowest BCUT2D eigenvalue weighted by molar-refractivity contribution is -0.384. The van der Waals surface area contributed by atoms with Gasteiger partial charge in [0.15, 0.2) is 0 Å². The third-order valence-corrected chi connectivity index (χ3v) is 4.48. The molecule has 0 bridgehead atoms. The molecule has 2 aromatic rings. The molecule has 2 amide bonds.